The molecule has 16 heavy (non-hydrogen) atoms. The number of aromatic nitrogens is 2. The summed E-state index contributed by atoms with van der Waals surface area (Å²) in [4.78, 5) is 21.2. The van der Waals surface area contributed by atoms with Gasteiger partial charge in [0, 0.05) is 32.5 Å². The molecule has 0 aliphatic carbocycles. The minimum Gasteiger partial charge on any atom is -0.462 e. The molecule has 1 aromatic heterocycles. The van der Waals surface area contributed by atoms with Gasteiger partial charge in [0.15, 0.2) is 0 Å². The first-order chi connectivity index (χ1) is 7.69. The second-order valence-electron chi connectivity index (χ2n) is 3.20. The summed E-state index contributed by atoms with van der Waals surface area (Å²) in [5.41, 5.74) is 5.77. The predicted octanol–water partition coefficient (Wildman–Crippen LogP) is 0.0482. The van der Waals surface area contributed by atoms with E-state index in [0.29, 0.717) is 31.2 Å². The molecule has 0 fully saturated rings. The van der Waals surface area contributed by atoms with Gasteiger partial charge < -0.3 is 15.4 Å². The Labute approximate surface area is 94.4 Å². The average Bonchev–Trinajstić information content (AvgIpc) is 2.30. The van der Waals surface area contributed by atoms with E-state index in [0.717, 1.165) is 0 Å². The Morgan fingerprint density at radius 2 is 2.12 bits per heavy atom. The third-order valence-corrected chi connectivity index (χ3v) is 1.96. The Hall–Kier alpha value is -1.69. The summed E-state index contributed by atoms with van der Waals surface area (Å²) in [6.07, 6.45) is 2.90. The zero-order valence-electron chi connectivity index (χ0n) is 9.51. The maximum Gasteiger partial charge on any atom is 0.341 e. The molecule has 0 spiro atoms. The van der Waals surface area contributed by atoms with Crippen LogP contribution in [-0.2, 0) is 4.74 Å². The minimum atomic E-state index is -0.407. The van der Waals surface area contributed by atoms with E-state index in [1.165, 1.54) is 12.4 Å². The smallest absolute Gasteiger partial charge is 0.341 e. The number of anilines is 1. The summed E-state index contributed by atoms with van der Waals surface area (Å²) in [6.45, 7) is 3.29. The predicted molar refractivity (Wildman–Crippen MR) is 60.3 cm³/mol. The zero-order chi connectivity index (χ0) is 12.0. The molecule has 1 heterocycles. The first-order valence-electron chi connectivity index (χ1n) is 5.09. The molecule has 1 aromatic rings. The van der Waals surface area contributed by atoms with Crippen LogP contribution in [0.4, 0.5) is 5.95 Å². The van der Waals surface area contributed by atoms with Crippen molar-refractivity contribution in [3.8, 4) is 0 Å². The molecule has 0 aromatic carbocycles. The molecule has 0 unspecified atom stereocenters. The van der Waals surface area contributed by atoms with Crippen LogP contribution in [0.2, 0.25) is 0 Å². The Bertz CT molecular complexity index is 339. The second kappa shape index (κ2) is 6.02. The molecule has 88 valence electrons. The summed E-state index contributed by atoms with van der Waals surface area (Å²) in [7, 11) is 1.84. The van der Waals surface area contributed by atoms with Gasteiger partial charge in [-0.25, -0.2) is 14.8 Å². The number of nitrogens with zero attached hydrogens (tertiary/aromatic N) is 3. The van der Waals surface area contributed by atoms with Crippen LogP contribution in [-0.4, -0.2) is 42.7 Å². The van der Waals surface area contributed by atoms with Crippen molar-refractivity contribution in [1.29, 1.82) is 0 Å². The van der Waals surface area contributed by atoms with Crippen LogP contribution in [0.3, 0.4) is 0 Å². The fourth-order valence-electron chi connectivity index (χ4n) is 1.13. The van der Waals surface area contributed by atoms with Crippen LogP contribution in [0.15, 0.2) is 12.4 Å². The fourth-order valence-corrected chi connectivity index (χ4v) is 1.13. The van der Waals surface area contributed by atoms with E-state index in [1.807, 2.05) is 11.9 Å². The molecule has 2 N–H and O–H groups in total. The lowest BCUT2D eigenvalue weighted by Gasteiger charge is -2.15. The van der Waals surface area contributed by atoms with E-state index in [2.05, 4.69) is 9.97 Å². The van der Waals surface area contributed by atoms with Crippen molar-refractivity contribution in [2.45, 2.75) is 6.92 Å². The molecule has 6 heteroatoms. The van der Waals surface area contributed by atoms with Crippen molar-refractivity contribution in [1.82, 2.24) is 9.97 Å². The highest BCUT2D eigenvalue weighted by molar-refractivity contribution is 5.88. The Kier molecular flexibility index (Phi) is 4.65. The quantitative estimate of drug-likeness (QED) is 0.712. The van der Waals surface area contributed by atoms with Crippen LogP contribution < -0.4 is 10.6 Å². The number of esters is 1. The van der Waals surface area contributed by atoms with Crippen molar-refractivity contribution in [3.05, 3.63) is 18.0 Å². The van der Waals surface area contributed by atoms with Gasteiger partial charge in [-0.05, 0) is 6.92 Å². The number of carbonyl (C=O) groups excluding carboxylic acids is 1. The van der Waals surface area contributed by atoms with Gasteiger partial charge in [0.25, 0.3) is 0 Å². The number of ether oxygens (including phenoxy) is 1. The third-order valence-electron chi connectivity index (χ3n) is 1.96. The summed E-state index contributed by atoms with van der Waals surface area (Å²) in [5.74, 6) is 0.133. The van der Waals surface area contributed by atoms with Crippen molar-refractivity contribution in [2.75, 3.05) is 31.6 Å². The summed E-state index contributed by atoms with van der Waals surface area (Å²) < 4.78 is 4.82. The van der Waals surface area contributed by atoms with E-state index in [1.54, 1.807) is 6.92 Å². The molecule has 0 radical (unpaired) electrons. The Balaban J connectivity index is 2.71. The Morgan fingerprint density at radius 1 is 1.50 bits per heavy atom. The van der Waals surface area contributed by atoms with Crippen LogP contribution >= 0.6 is 0 Å². The highest BCUT2D eigenvalue weighted by Crippen LogP contribution is 2.05. The highest BCUT2D eigenvalue weighted by Gasteiger charge is 2.09. The van der Waals surface area contributed by atoms with E-state index < -0.39 is 5.97 Å². The average molecular weight is 224 g/mol. The van der Waals surface area contributed by atoms with Crippen molar-refractivity contribution in [3.63, 3.8) is 0 Å². The topological polar surface area (TPSA) is 81.3 Å². The van der Waals surface area contributed by atoms with Gasteiger partial charge >= 0.3 is 5.97 Å². The standard InChI is InChI=1S/C10H16N4O2/c1-3-16-9(15)8-6-12-10(13-7-8)14(2)5-4-11/h6-7H,3-5,11H2,1-2H3. The van der Waals surface area contributed by atoms with Crippen molar-refractivity contribution in [2.24, 2.45) is 5.73 Å². The summed E-state index contributed by atoms with van der Waals surface area (Å²) >= 11 is 0. The van der Waals surface area contributed by atoms with Gasteiger partial charge in [0.05, 0.1) is 12.2 Å². The van der Waals surface area contributed by atoms with E-state index >= 15 is 0 Å². The SMILES string of the molecule is CCOC(=O)c1cnc(N(C)CCN)nc1. The Morgan fingerprint density at radius 3 is 2.62 bits per heavy atom. The summed E-state index contributed by atoms with van der Waals surface area (Å²) in [5, 5.41) is 0. The number of likely N-dealkylation sites (N-methyl/N-ethyl adjacent to an activating group) is 1. The normalized spacial score (nSPS) is 9.94. The molecule has 0 bridgehead atoms. The molecular formula is C10H16N4O2. The number of rotatable bonds is 5. The largest absolute Gasteiger partial charge is 0.462 e. The van der Waals surface area contributed by atoms with E-state index in [-0.39, 0.29) is 0 Å². The number of nitrogens with two attached hydrogens (primary N) is 1. The van der Waals surface area contributed by atoms with Gasteiger partial charge in [-0.1, -0.05) is 0 Å². The molecule has 6 nitrogen and oxygen atoms in total. The first-order valence-corrected chi connectivity index (χ1v) is 5.09. The highest BCUT2D eigenvalue weighted by atomic mass is 16.5. The van der Waals surface area contributed by atoms with Crippen molar-refractivity contribution < 1.29 is 9.53 Å². The van der Waals surface area contributed by atoms with Gasteiger partial charge in [-0.2, -0.15) is 0 Å². The van der Waals surface area contributed by atoms with Gasteiger partial charge in [-0.15, -0.1) is 0 Å². The van der Waals surface area contributed by atoms with E-state index in [9.17, 15) is 4.79 Å². The maximum atomic E-state index is 11.3. The zero-order valence-corrected chi connectivity index (χ0v) is 9.51. The van der Waals surface area contributed by atoms with Crippen LogP contribution in [0.5, 0.6) is 0 Å². The molecule has 1 rings (SSSR count). The van der Waals surface area contributed by atoms with Crippen LogP contribution in [0, 0.1) is 0 Å². The van der Waals surface area contributed by atoms with Gasteiger partial charge in [-0.3, -0.25) is 0 Å². The molecule has 0 aliphatic rings. The number of hydrogen-bond acceptors (Lipinski definition) is 6. The maximum absolute atomic E-state index is 11.3. The van der Waals surface area contributed by atoms with Gasteiger partial charge in [0.2, 0.25) is 5.95 Å². The van der Waals surface area contributed by atoms with Crippen molar-refractivity contribution >= 4 is 11.9 Å². The lowest BCUT2D eigenvalue weighted by molar-refractivity contribution is 0.0525. The monoisotopic (exact) mass is 224 g/mol. The number of hydrogen-bond donors (Lipinski definition) is 1. The minimum absolute atomic E-state index is 0.341. The van der Waals surface area contributed by atoms with E-state index in [4.69, 9.17) is 10.5 Å². The van der Waals surface area contributed by atoms with Crippen LogP contribution in [0.1, 0.15) is 17.3 Å². The van der Waals surface area contributed by atoms with Crippen LogP contribution in [0.25, 0.3) is 0 Å². The number of carbonyl (C=O) groups is 1. The molecule has 0 saturated carbocycles. The molecular weight excluding hydrogens is 208 g/mol. The second-order valence-corrected chi connectivity index (χ2v) is 3.20. The lowest BCUT2D eigenvalue weighted by atomic mass is 10.3. The molecule has 0 aliphatic heterocycles. The first kappa shape index (κ1) is 12.4. The lowest BCUT2D eigenvalue weighted by Crippen LogP contribution is -2.26. The van der Waals surface area contributed by atoms with Gasteiger partial charge in [0.1, 0.15) is 0 Å². The fraction of sp³-hybridized carbons (Fsp3) is 0.500. The molecule has 0 amide bonds. The molecule has 0 saturated heterocycles. The third kappa shape index (κ3) is 3.16. The molecule has 0 atom stereocenters. The summed E-state index contributed by atoms with van der Waals surface area (Å²) in [6, 6.07) is 0.